The van der Waals surface area contributed by atoms with E-state index in [9.17, 15) is 5.11 Å². The standard InChI is InChI=1S/C17H18N2O/c1-19(2)11-16(20)17-14-9-4-3-7-12(14)13-8-5-6-10-15(13)18-17/h3-10,16,20H,11H2,1-2H3. The molecule has 1 aromatic heterocycles. The Morgan fingerprint density at radius 2 is 1.55 bits per heavy atom. The second-order valence-corrected chi connectivity index (χ2v) is 5.34. The lowest BCUT2D eigenvalue weighted by Gasteiger charge is -2.18. The van der Waals surface area contributed by atoms with E-state index in [2.05, 4.69) is 17.1 Å². The van der Waals surface area contributed by atoms with Crippen LogP contribution in [0.5, 0.6) is 0 Å². The molecule has 0 amide bonds. The first-order valence-electron chi connectivity index (χ1n) is 6.77. The number of aliphatic hydroxyl groups is 1. The second-order valence-electron chi connectivity index (χ2n) is 5.34. The minimum Gasteiger partial charge on any atom is -0.385 e. The average molecular weight is 266 g/mol. The van der Waals surface area contributed by atoms with Gasteiger partial charge in [0.05, 0.1) is 11.2 Å². The van der Waals surface area contributed by atoms with Crippen molar-refractivity contribution in [1.29, 1.82) is 0 Å². The van der Waals surface area contributed by atoms with Crippen molar-refractivity contribution in [1.82, 2.24) is 9.88 Å². The highest BCUT2D eigenvalue weighted by Crippen LogP contribution is 2.29. The Balaban J connectivity index is 2.29. The number of aromatic nitrogens is 1. The smallest absolute Gasteiger partial charge is 0.109 e. The summed E-state index contributed by atoms with van der Waals surface area (Å²) in [4.78, 5) is 6.65. The van der Waals surface area contributed by atoms with Crippen LogP contribution in [-0.4, -0.2) is 35.6 Å². The first-order chi connectivity index (χ1) is 9.66. The van der Waals surface area contributed by atoms with Crippen LogP contribution < -0.4 is 0 Å². The van der Waals surface area contributed by atoms with E-state index in [0.717, 1.165) is 27.4 Å². The van der Waals surface area contributed by atoms with Gasteiger partial charge in [0.1, 0.15) is 6.10 Å². The number of pyridine rings is 1. The fourth-order valence-electron chi connectivity index (χ4n) is 2.62. The molecule has 0 bridgehead atoms. The van der Waals surface area contributed by atoms with Gasteiger partial charge in [-0.3, -0.25) is 0 Å². The minimum atomic E-state index is -0.584. The molecule has 0 saturated heterocycles. The lowest BCUT2D eigenvalue weighted by Crippen LogP contribution is -2.21. The van der Waals surface area contributed by atoms with Gasteiger partial charge in [0.25, 0.3) is 0 Å². The molecule has 0 aliphatic rings. The van der Waals surface area contributed by atoms with Crippen LogP contribution in [0.3, 0.4) is 0 Å². The van der Waals surface area contributed by atoms with E-state index in [-0.39, 0.29) is 0 Å². The molecule has 102 valence electrons. The minimum absolute atomic E-state index is 0.565. The van der Waals surface area contributed by atoms with Gasteiger partial charge in [0, 0.05) is 17.3 Å². The molecule has 3 heteroatoms. The molecule has 3 nitrogen and oxygen atoms in total. The van der Waals surface area contributed by atoms with Gasteiger partial charge in [-0.2, -0.15) is 0 Å². The number of fused-ring (bicyclic) bond motifs is 3. The number of likely N-dealkylation sites (N-methyl/N-ethyl adjacent to an activating group) is 1. The van der Waals surface area contributed by atoms with Crippen LogP contribution in [0.4, 0.5) is 0 Å². The molecule has 1 atom stereocenters. The number of para-hydroxylation sites is 1. The first-order valence-corrected chi connectivity index (χ1v) is 6.77. The Morgan fingerprint density at radius 3 is 2.25 bits per heavy atom. The van der Waals surface area contributed by atoms with Gasteiger partial charge in [0.15, 0.2) is 0 Å². The zero-order valence-corrected chi connectivity index (χ0v) is 11.7. The number of nitrogens with zero attached hydrogens (tertiary/aromatic N) is 2. The highest BCUT2D eigenvalue weighted by atomic mass is 16.3. The maximum atomic E-state index is 10.4. The fraction of sp³-hybridized carbons (Fsp3) is 0.235. The first kappa shape index (κ1) is 13.0. The zero-order valence-electron chi connectivity index (χ0n) is 11.7. The molecular formula is C17H18N2O. The van der Waals surface area contributed by atoms with Crippen LogP contribution in [0.2, 0.25) is 0 Å². The predicted molar refractivity (Wildman–Crippen MR) is 82.8 cm³/mol. The van der Waals surface area contributed by atoms with Gasteiger partial charge in [-0.1, -0.05) is 42.5 Å². The van der Waals surface area contributed by atoms with Crippen LogP contribution in [0.25, 0.3) is 21.7 Å². The molecule has 1 heterocycles. The molecule has 0 saturated carbocycles. The van der Waals surface area contributed by atoms with Gasteiger partial charge >= 0.3 is 0 Å². The molecular weight excluding hydrogens is 248 g/mol. The summed E-state index contributed by atoms with van der Waals surface area (Å²) in [6, 6.07) is 16.2. The Bertz CT molecular complexity index is 752. The van der Waals surface area contributed by atoms with Crippen molar-refractivity contribution in [3.05, 3.63) is 54.2 Å². The summed E-state index contributed by atoms with van der Waals surface area (Å²) in [6.07, 6.45) is -0.584. The highest BCUT2D eigenvalue weighted by molar-refractivity contribution is 6.06. The summed E-state index contributed by atoms with van der Waals surface area (Å²) in [5.74, 6) is 0. The molecule has 1 N–H and O–H groups in total. The van der Waals surface area contributed by atoms with E-state index in [4.69, 9.17) is 0 Å². The third-order valence-corrected chi connectivity index (χ3v) is 3.49. The molecule has 3 rings (SSSR count). The lowest BCUT2D eigenvalue weighted by molar-refractivity contribution is 0.136. The van der Waals surface area contributed by atoms with E-state index in [1.54, 1.807) is 0 Å². The maximum Gasteiger partial charge on any atom is 0.109 e. The fourth-order valence-corrected chi connectivity index (χ4v) is 2.62. The number of benzene rings is 2. The van der Waals surface area contributed by atoms with Crippen molar-refractivity contribution < 1.29 is 5.11 Å². The summed E-state index contributed by atoms with van der Waals surface area (Å²) in [6.45, 7) is 0.565. The number of rotatable bonds is 3. The van der Waals surface area contributed by atoms with E-state index in [1.807, 2.05) is 55.4 Å². The van der Waals surface area contributed by atoms with Gasteiger partial charge in [-0.25, -0.2) is 4.98 Å². The van der Waals surface area contributed by atoms with Crippen LogP contribution in [-0.2, 0) is 0 Å². The number of hydrogen-bond acceptors (Lipinski definition) is 3. The quantitative estimate of drug-likeness (QED) is 0.740. The SMILES string of the molecule is CN(C)CC(O)c1nc2ccccc2c2ccccc12. The van der Waals surface area contributed by atoms with Crippen LogP contribution >= 0.6 is 0 Å². The summed E-state index contributed by atoms with van der Waals surface area (Å²) < 4.78 is 0. The van der Waals surface area contributed by atoms with Crippen LogP contribution in [0, 0.1) is 0 Å². The summed E-state index contributed by atoms with van der Waals surface area (Å²) >= 11 is 0. The largest absolute Gasteiger partial charge is 0.385 e. The molecule has 0 spiro atoms. The predicted octanol–water partition coefficient (Wildman–Crippen LogP) is 2.98. The normalized spacial score (nSPS) is 13.2. The molecule has 1 unspecified atom stereocenters. The Morgan fingerprint density at radius 1 is 0.950 bits per heavy atom. The summed E-state index contributed by atoms with van der Waals surface area (Å²) in [5, 5.41) is 13.7. The molecule has 20 heavy (non-hydrogen) atoms. The van der Waals surface area contributed by atoms with Gasteiger partial charge < -0.3 is 10.0 Å². The topological polar surface area (TPSA) is 36.4 Å². The van der Waals surface area contributed by atoms with Crippen molar-refractivity contribution in [2.45, 2.75) is 6.10 Å². The summed E-state index contributed by atoms with van der Waals surface area (Å²) in [7, 11) is 3.90. The molecule has 0 fully saturated rings. The molecule has 3 aromatic rings. The van der Waals surface area contributed by atoms with Crippen molar-refractivity contribution in [2.75, 3.05) is 20.6 Å². The molecule has 0 aliphatic heterocycles. The molecule has 2 aromatic carbocycles. The van der Waals surface area contributed by atoms with E-state index >= 15 is 0 Å². The molecule has 0 radical (unpaired) electrons. The monoisotopic (exact) mass is 266 g/mol. The third kappa shape index (κ3) is 2.26. The summed E-state index contributed by atoms with van der Waals surface area (Å²) in [5.41, 5.74) is 1.69. The second kappa shape index (κ2) is 5.19. The lowest BCUT2D eigenvalue weighted by atomic mass is 10.0. The Hall–Kier alpha value is -1.97. The third-order valence-electron chi connectivity index (χ3n) is 3.49. The number of hydrogen-bond donors (Lipinski definition) is 1. The van der Waals surface area contributed by atoms with E-state index in [1.165, 1.54) is 0 Å². The van der Waals surface area contributed by atoms with Crippen LogP contribution in [0.15, 0.2) is 48.5 Å². The highest BCUT2D eigenvalue weighted by Gasteiger charge is 2.15. The number of aliphatic hydroxyl groups excluding tert-OH is 1. The average Bonchev–Trinajstić information content (AvgIpc) is 2.45. The zero-order chi connectivity index (χ0) is 14.1. The van der Waals surface area contributed by atoms with Crippen molar-refractivity contribution in [3.63, 3.8) is 0 Å². The molecule has 0 aliphatic carbocycles. The Labute approximate surface area is 118 Å². The van der Waals surface area contributed by atoms with Crippen molar-refractivity contribution in [3.8, 4) is 0 Å². The van der Waals surface area contributed by atoms with Crippen molar-refractivity contribution >= 4 is 21.7 Å². The van der Waals surface area contributed by atoms with Crippen LogP contribution in [0.1, 0.15) is 11.8 Å². The van der Waals surface area contributed by atoms with Gasteiger partial charge in [0.2, 0.25) is 0 Å². The van der Waals surface area contributed by atoms with Crippen molar-refractivity contribution in [2.24, 2.45) is 0 Å². The Kier molecular flexibility index (Phi) is 3.38. The van der Waals surface area contributed by atoms with Gasteiger partial charge in [-0.05, 0) is 25.5 Å². The van der Waals surface area contributed by atoms with Gasteiger partial charge in [-0.15, -0.1) is 0 Å². The maximum absolute atomic E-state index is 10.4. The van der Waals surface area contributed by atoms with E-state index in [0.29, 0.717) is 6.54 Å². The van der Waals surface area contributed by atoms with E-state index < -0.39 is 6.10 Å².